The number of aromatic nitrogens is 3. The number of hydrogen-bond acceptors (Lipinski definition) is 3. The molecule has 0 aliphatic rings. The molecule has 9 aromatic rings. The maximum absolute atomic E-state index is 9.48. The number of hydrogen-bond donors (Lipinski definition) is 0. The Morgan fingerprint density at radius 2 is 1.25 bits per heavy atom. The van der Waals surface area contributed by atoms with Crippen LogP contribution < -0.4 is 4.74 Å². The Bertz CT molecular complexity index is 3280. The molecule has 2 heterocycles. The number of benzene rings is 7. The van der Waals surface area contributed by atoms with Gasteiger partial charge in [-0.05, 0) is 141 Å². The highest BCUT2D eigenvalue weighted by atomic mass is 16.5. The zero-order valence-corrected chi connectivity index (χ0v) is 39.3. The monoisotopic (exact) mass is 851 g/mol. The largest absolute Gasteiger partial charge is 0.496 e. The summed E-state index contributed by atoms with van der Waals surface area (Å²) in [6.45, 7) is 18.8. The minimum absolute atomic E-state index is 0.169. The predicted octanol–water partition coefficient (Wildman–Crippen LogP) is 16.6. The molecule has 7 aromatic carbocycles. The van der Waals surface area contributed by atoms with Crippen LogP contribution in [0.5, 0.6) is 5.75 Å². The van der Waals surface area contributed by atoms with Crippen LogP contribution in [0, 0.1) is 13.8 Å². The topological polar surface area (TPSA) is 39.9 Å². The molecule has 0 saturated carbocycles. The fourth-order valence-electron chi connectivity index (χ4n) is 9.17. The highest BCUT2D eigenvalue weighted by Crippen LogP contribution is 2.45. The molecule has 0 atom stereocenters. The molecule has 324 valence electrons. The van der Waals surface area contributed by atoms with Crippen LogP contribution in [0.2, 0.25) is 0 Å². The maximum Gasteiger partial charge on any atom is 0.149 e. The zero-order chi connectivity index (χ0) is 47.4. The van der Waals surface area contributed by atoms with E-state index in [1.165, 1.54) is 5.56 Å². The molecule has 2 aromatic heterocycles. The third-order valence-corrected chi connectivity index (χ3v) is 12.6. The lowest BCUT2D eigenvalue weighted by Crippen LogP contribution is -2.11. The Kier molecular flexibility index (Phi) is 11.0. The molecule has 9 rings (SSSR count). The van der Waals surface area contributed by atoms with Gasteiger partial charge in [0.15, 0.2) is 0 Å². The van der Waals surface area contributed by atoms with Crippen LogP contribution in [0.15, 0.2) is 164 Å². The van der Waals surface area contributed by atoms with Crippen molar-refractivity contribution in [2.45, 2.75) is 79.5 Å². The fraction of sp³-hybridized carbons (Fsp3) is 0.213. The summed E-state index contributed by atoms with van der Waals surface area (Å²) >= 11 is 0. The van der Waals surface area contributed by atoms with Crippen molar-refractivity contribution in [3.63, 3.8) is 0 Å². The van der Waals surface area contributed by atoms with E-state index in [-0.39, 0.29) is 5.41 Å². The Balaban J connectivity index is 1.34. The van der Waals surface area contributed by atoms with Crippen molar-refractivity contribution < 1.29 is 7.48 Å². The summed E-state index contributed by atoms with van der Waals surface area (Å²) < 4.78 is 26.6. The number of ether oxygens (including phenoxy) is 1. The van der Waals surface area contributed by atoms with Crippen LogP contribution in [0.25, 0.3) is 83.9 Å². The van der Waals surface area contributed by atoms with E-state index < -0.39 is 11.8 Å². The highest BCUT2D eigenvalue weighted by molar-refractivity contribution is 5.98. The van der Waals surface area contributed by atoms with Gasteiger partial charge in [0.2, 0.25) is 0 Å². The fourth-order valence-corrected chi connectivity index (χ4v) is 9.17. The summed E-state index contributed by atoms with van der Waals surface area (Å²) in [6, 6.07) is 55.7. The van der Waals surface area contributed by atoms with Crippen LogP contribution in [-0.2, 0) is 5.41 Å². The van der Waals surface area contributed by atoms with Crippen molar-refractivity contribution >= 4 is 11.0 Å². The third-order valence-electron chi connectivity index (χ3n) is 12.6. The number of para-hydroxylation sites is 1. The number of fused-ring (bicyclic) bond motifs is 1. The molecule has 0 radical (unpaired) electrons. The molecule has 0 saturated heterocycles. The van der Waals surface area contributed by atoms with Crippen molar-refractivity contribution in [1.29, 1.82) is 0 Å². The number of pyridine rings is 1. The van der Waals surface area contributed by atoms with E-state index in [9.17, 15) is 1.37 Å². The second-order valence-corrected chi connectivity index (χ2v) is 18.8. The van der Waals surface area contributed by atoms with Crippen LogP contribution in [0.3, 0.4) is 0 Å². The van der Waals surface area contributed by atoms with Gasteiger partial charge in [0.25, 0.3) is 0 Å². The normalized spacial score (nSPS) is 12.6. The summed E-state index contributed by atoms with van der Waals surface area (Å²) in [5, 5.41) is 0. The smallest absolute Gasteiger partial charge is 0.149 e. The summed E-state index contributed by atoms with van der Waals surface area (Å²) in [5.74, 6) is -0.0272. The highest BCUT2D eigenvalue weighted by Gasteiger charge is 2.26. The number of aryl methyl sites for hydroxylation is 2. The molecule has 0 amide bonds. The molecule has 0 unspecified atom stereocenters. The zero-order valence-electron chi connectivity index (χ0n) is 41.3. The van der Waals surface area contributed by atoms with E-state index in [0.717, 1.165) is 112 Å². The van der Waals surface area contributed by atoms with Gasteiger partial charge in [-0.1, -0.05) is 158 Å². The Morgan fingerprint density at radius 1 is 0.569 bits per heavy atom. The van der Waals surface area contributed by atoms with E-state index in [1.807, 2.05) is 46.0 Å². The number of imidazole rings is 1. The quantitative estimate of drug-likeness (QED) is 0.138. The first kappa shape index (κ1) is 40.7. The molecule has 4 nitrogen and oxygen atoms in total. The standard InChI is InChI=1S/C61H59N3O/c1-38(2)42-24-26-43(27-25-42)46-28-29-62-55(35-46)48-32-47(33-49(34-48)61(7,8)9)50-22-17-23-56-58(50)63-60(54-31-40(5)30-41(6)59(54)65-10)64(56)57-37-52(44-18-13-11-14-19-44)51(39(3)4)36-53(57)45-20-15-12-16-21-45/h11-39H,1-10H3/i38D,39D. The minimum Gasteiger partial charge on any atom is -0.496 e. The first-order valence-corrected chi connectivity index (χ1v) is 22.6. The summed E-state index contributed by atoms with van der Waals surface area (Å²) in [4.78, 5) is 10.7. The Labute approximate surface area is 388 Å². The number of methoxy groups -OCH3 is 1. The number of nitrogens with zero attached hydrogens (tertiary/aromatic N) is 3. The molecular formula is C61H59N3O. The molecule has 0 N–H and O–H groups in total. The molecule has 65 heavy (non-hydrogen) atoms. The lowest BCUT2D eigenvalue weighted by Gasteiger charge is -2.22. The molecule has 0 aliphatic heterocycles. The lowest BCUT2D eigenvalue weighted by molar-refractivity contribution is 0.413. The van der Waals surface area contributed by atoms with E-state index >= 15 is 0 Å². The summed E-state index contributed by atoms with van der Waals surface area (Å²) in [5.41, 5.74) is 19.0. The van der Waals surface area contributed by atoms with Crippen molar-refractivity contribution in [3.8, 4) is 78.6 Å². The second-order valence-electron chi connectivity index (χ2n) is 18.8. The van der Waals surface area contributed by atoms with Crippen molar-refractivity contribution in [2.24, 2.45) is 0 Å². The minimum atomic E-state index is -0.898. The predicted molar refractivity (Wildman–Crippen MR) is 274 cm³/mol. The average molecular weight is 852 g/mol. The first-order valence-electron chi connectivity index (χ1n) is 23.6. The molecular weight excluding hydrogens is 791 g/mol. The van der Waals surface area contributed by atoms with Gasteiger partial charge in [0, 0.05) is 25.6 Å². The van der Waals surface area contributed by atoms with E-state index in [4.69, 9.17) is 16.1 Å². The van der Waals surface area contributed by atoms with Gasteiger partial charge in [-0.25, -0.2) is 4.98 Å². The lowest BCUT2D eigenvalue weighted by atomic mass is 9.83. The van der Waals surface area contributed by atoms with Crippen LogP contribution in [0.1, 0.15) is 90.8 Å². The van der Waals surface area contributed by atoms with Crippen molar-refractivity contribution in [2.75, 3.05) is 7.11 Å². The van der Waals surface area contributed by atoms with E-state index in [0.29, 0.717) is 0 Å². The number of rotatable bonds is 10. The second kappa shape index (κ2) is 17.5. The molecule has 0 bridgehead atoms. The van der Waals surface area contributed by atoms with Gasteiger partial charge in [0.05, 0.1) is 35.1 Å². The summed E-state index contributed by atoms with van der Waals surface area (Å²) in [7, 11) is 1.74. The SMILES string of the molecule is [2H]C(C)(C)c1ccc(-c2ccnc(-c3cc(-c4cccc5c4nc(-c4cc(C)cc(C)c4OC)n5-c4cc(-c5ccccc5)c(C([2H])(C)C)cc4-c4ccccc4)cc(C(C)(C)C)c3)c2)cc1. The van der Waals surface area contributed by atoms with Gasteiger partial charge < -0.3 is 4.74 Å². The van der Waals surface area contributed by atoms with Crippen LogP contribution in [-0.4, -0.2) is 21.6 Å². The molecule has 0 spiro atoms. The van der Waals surface area contributed by atoms with Crippen LogP contribution in [0.4, 0.5) is 0 Å². The molecule has 4 heteroatoms. The van der Waals surface area contributed by atoms with Gasteiger partial charge in [-0.3, -0.25) is 9.55 Å². The van der Waals surface area contributed by atoms with Crippen molar-refractivity contribution in [1.82, 2.24) is 14.5 Å². The molecule has 0 aliphatic carbocycles. The average Bonchev–Trinajstić information content (AvgIpc) is 3.70. The third kappa shape index (κ3) is 8.42. The van der Waals surface area contributed by atoms with E-state index in [2.05, 4.69) is 185 Å². The van der Waals surface area contributed by atoms with Crippen molar-refractivity contribution in [3.05, 3.63) is 192 Å². The maximum atomic E-state index is 9.48. The first-order chi connectivity index (χ1) is 31.9. The Morgan fingerprint density at radius 3 is 1.89 bits per heavy atom. The van der Waals surface area contributed by atoms with E-state index in [1.54, 1.807) is 7.11 Å². The van der Waals surface area contributed by atoms with Gasteiger partial charge in [0.1, 0.15) is 11.6 Å². The Hall–Kier alpha value is -7.04. The summed E-state index contributed by atoms with van der Waals surface area (Å²) in [6.07, 6.45) is 1.89. The van der Waals surface area contributed by atoms with Gasteiger partial charge in [-0.15, -0.1) is 0 Å². The van der Waals surface area contributed by atoms with Gasteiger partial charge in [-0.2, -0.15) is 0 Å². The van der Waals surface area contributed by atoms with Gasteiger partial charge >= 0.3 is 0 Å². The van der Waals surface area contributed by atoms with Crippen LogP contribution >= 0.6 is 0 Å². The molecule has 0 fully saturated rings.